The molecule has 3 heteroatoms. The van der Waals surface area contributed by atoms with Crippen molar-refractivity contribution < 1.29 is 4.74 Å². The maximum Gasteiger partial charge on any atom is 0.123 e. The molecule has 0 bridgehead atoms. The number of ether oxygens (including phenoxy) is 1. The molecule has 0 atom stereocenters. The molecular formula is C18H22N2O. The van der Waals surface area contributed by atoms with Crippen molar-refractivity contribution in [2.24, 2.45) is 0 Å². The van der Waals surface area contributed by atoms with Crippen LogP contribution in [-0.4, -0.2) is 13.7 Å². The van der Waals surface area contributed by atoms with E-state index in [1.165, 1.54) is 28.8 Å². The van der Waals surface area contributed by atoms with Crippen LogP contribution in [0.2, 0.25) is 0 Å². The van der Waals surface area contributed by atoms with Crippen LogP contribution in [0.15, 0.2) is 36.4 Å². The van der Waals surface area contributed by atoms with Crippen molar-refractivity contribution in [1.82, 2.24) is 0 Å². The van der Waals surface area contributed by atoms with E-state index in [0.717, 1.165) is 30.9 Å². The van der Waals surface area contributed by atoms with Gasteiger partial charge in [-0.1, -0.05) is 23.8 Å². The molecule has 21 heavy (non-hydrogen) atoms. The largest absolute Gasteiger partial charge is 0.496 e. The van der Waals surface area contributed by atoms with Gasteiger partial charge in [0.2, 0.25) is 0 Å². The number of nitrogens with zero attached hydrogens (tertiary/aromatic N) is 1. The predicted octanol–water partition coefficient (Wildman–Crippen LogP) is 3.54. The second-order valence-electron chi connectivity index (χ2n) is 5.73. The van der Waals surface area contributed by atoms with Crippen LogP contribution in [0.3, 0.4) is 0 Å². The second-order valence-corrected chi connectivity index (χ2v) is 5.73. The molecule has 1 heterocycles. The van der Waals surface area contributed by atoms with Crippen LogP contribution < -0.4 is 15.4 Å². The number of hydrogen-bond donors (Lipinski definition) is 1. The zero-order valence-corrected chi connectivity index (χ0v) is 12.7. The van der Waals surface area contributed by atoms with Gasteiger partial charge >= 0.3 is 0 Å². The lowest BCUT2D eigenvalue weighted by molar-refractivity contribution is 0.409. The van der Waals surface area contributed by atoms with E-state index in [1.807, 2.05) is 6.07 Å². The Bertz CT molecular complexity index is 652. The average Bonchev–Trinajstić information content (AvgIpc) is 2.48. The molecule has 3 rings (SSSR count). The summed E-state index contributed by atoms with van der Waals surface area (Å²) in [6.07, 6.45) is 2.32. The molecule has 0 radical (unpaired) electrons. The minimum atomic E-state index is 0.830. The van der Waals surface area contributed by atoms with Crippen molar-refractivity contribution in [3.8, 4) is 5.75 Å². The van der Waals surface area contributed by atoms with Gasteiger partial charge in [0.25, 0.3) is 0 Å². The SMILES string of the molecule is COc1ccc(C)cc1CN1CCCc2ccc(N)cc21. The fourth-order valence-electron chi connectivity index (χ4n) is 3.07. The highest BCUT2D eigenvalue weighted by Gasteiger charge is 2.18. The van der Waals surface area contributed by atoms with Crippen molar-refractivity contribution in [2.75, 3.05) is 24.3 Å². The van der Waals surface area contributed by atoms with E-state index in [1.54, 1.807) is 7.11 Å². The van der Waals surface area contributed by atoms with Crippen molar-refractivity contribution in [3.63, 3.8) is 0 Å². The summed E-state index contributed by atoms with van der Waals surface area (Å²) in [7, 11) is 1.73. The third-order valence-electron chi connectivity index (χ3n) is 4.12. The number of benzene rings is 2. The lowest BCUT2D eigenvalue weighted by Gasteiger charge is -2.32. The Hall–Kier alpha value is -2.16. The first kappa shape index (κ1) is 13.8. The Morgan fingerprint density at radius 1 is 1.19 bits per heavy atom. The zero-order valence-electron chi connectivity index (χ0n) is 12.7. The van der Waals surface area contributed by atoms with E-state index in [9.17, 15) is 0 Å². The Balaban J connectivity index is 1.93. The molecule has 2 N–H and O–H groups in total. The normalized spacial score (nSPS) is 13.9. The van der Waals surface area contributed by atoms with Gasteiger partial charge in [-0.15, -0.1) is 0 Å². The third kappa shape index (κ3) is 2.82. The molecule has 110 valence electrons. The highest BCUT2D eigenvalue weighted by Crippen LogP contribution is 2.32. The van der Waals surface area contributed by atoms with Gasteiger partial charge in [0.1, 0.15) is 5.75 Å². The first-order valence-corrected chi connectivity index (χ1v) is 7.44. The Morgan fingerprint density at radius 2 is 2.05 bits per heavy atom. The minimum Gasteiger partial charge on any atom is -0.496 e. The molecule has 1 aliphatic heterocycles. The summed E-state index contributed by atoms with van der Waals surface area (Å²) >= 11 is 0. The van der Waals surface area contributed by atoms with E-state index < -0.39 is 0 Å². The molecule has 0 unspecified atom stereocenters. The zero-order chi connectivity index (χ0) is 14.8. The quantitative estimate of drug-likeness (QED) is 0.875. The van der Waals surface area contributed by atoms with Gasteiger partial charge in [-0.3, -0.25) is 0 Å². The maximum atomic E-state index is 5.97. The molecule has 0 aromatic heterocycles. The van der Waals surface area contributed by atoms with Gasteiger partial charge in [0.05, 0.1) is 7.11 Å². The van der Waals surface area contributed by atoms with Crippen LogP contribution >= 0.6 is 0 Å². The number of rotatable bonds is 3. The molecule has 0 saturated carbocycles. The summed E-state index contributed by atoms with van der Waals surface area (Å²) < 4.78 is 5.50. The van der Waals surface area contributed by atoms with Crippen molar-refractivity contribution in [2.45, 2.75) is 26.3 Å². The first-order chi connectivity index (χ1) is 10.2. The number of methoxy groups -OCH3 is 1. The van der Waals surface area contributed by atoms with Gasteiger partial charge in [0, 0.05) is 30.0 Å². The Labute approximate surface area is 126 Å². The topological polar surface area (TPSA) is 38.5 Å². The number of fused-ring (bicyclic) bond motifs is 1. The second kappa shape index (κ2) is 5.68. The van der Waals surface area contributed by atoms with Gasteiger partial charge < -0.3 is 15.4 Å². The summed E-state index contributed by atoms with van der Waals surface area (Å²) in [4.78, 5) is 2.41. The summed E-state index contributed by atoms with van der Waals surface area (Å²) in [5.74, 6) is 0.955. The molecule has 2 aromatic rings. The molecule has 2 aromatic carbocycles. The fraction of sp³-hybridized carbons (Fsp3) is 0.333. The van der Waals surface area contributed by atoms with Crippen molar-refractivity contribution in [1.29, 1.82) is 0 Å². The van der Waals surface area contributed by atoms with Crippen LogP contribution in [0.25, 0.3) is 0 Å². The average molecular weight is 282 g/mol. The number of hydrogen-bond acceptors (Lipinski definition) is 3. The van der Waals surface area contributed by atoms with Gasteiger partial charge in [-0.25, -0.2) is 0 Å². The summed E-state index contributed by atoms with van der Waals surface area (Å²) in [5, 5.41) is 0. The Morgan fingerprint density at radius 3 is 2.86 bits per heavy atom. The number of anilines is 2. The molecule has 1 aliphatic rings. The lowest BCUT2D eigenvalue weighted by atomic mass is 10.00. The number of nitrogens with two attached hydrogens (primary N) is 1. The van der Waals surface area contributed by atoms with Gasteiger partial charge in [0.15, 0.2) is 0 Å². The molecule has 0 spiro atoms. The van der Waals surface area contributed by atoms with E-state index in [0.29, 0.717) is 0 Å². The van der Waals surface area contributed by atoms with E-state index in [2.05, 4.69) is 42.2 Å². The molecule has 3 nitrogen and oxygen atoms in total. The monoisotopic (exact) mass is 282 g/mol. The van der Waals surface area contributed by atoms with Gasteiger partial charge in [-0.2, -0.15) is 0 Å². The molecule has 0 amide bonds. The number of aryl methyl sites for hydroxylation is 2. The minimum absolute atomic E-state index is 0.830. The maximum absolute atomic E-state index is 5.97. The van der Waals surface area contributed by atoms with Crippen LogP contribution in [0, 0.1) is 6.92 Å². The standard InChI is InChI=1S/C18H22N2O/c1-13-5-8-18(21-2)15(10-13)12-20-9-3-4-14-6-7-16(19)11-17(14)20/h5-8,10-11H,3-4,9,12,19H2,1-2H3. The third-order valence-corrected chi connectivity index (χ3v) is 4.12. The van der Waals surface area contributed by atoms with Crippen LogP contribution in [0.4, 0.5) is 11.4 Å². The molecule has 0 aliphatic carbocycles. The van der Waals surface area contributed by atoms with Crippen LogP contribution in [0.1, 0.15) is 23.1 Å². The molecule has 0 fully saturated rings. The van der Waals surface area contributed by atoms with E-state index >= 15 is 0 Å². The lowest BCUT2D eigenvalue weighted by Crippen LogP contribution is -2.29. The molecule has 0 saturated heterocycles. The van der Waals surface area contributed by atoms with E-state index in [-0.39, 0.29) is 0 Å². The summed E-state index contributed by atoms with van der Waals surface area (Å²) in [6, 6.07) is 12.6. The van der Waals surface area contributed by atoms with Crippen molar-refractivity contribution >= 4 is 11.4 Å². The van der Waals surface area contributed by atoms with E-state index in [4.69, 9.17) is 10.5 Å². The van der Waals surface area contributed by atoms with Crippen LogP contribution in [0.5, 0.6) is 5.75 Å². The smallest absolute Gasteiger partial charge is 0.123 e. The fourth-order valence-corrected chi connectivity index (χ4v) is 3.07. The van der Waals surface area contributed by atoms with Gasteiger partial charge in [-0.05, 0) is 43.5 Å². The molecular weight excluding hydrogens is 260 g/mol. The van der Waals surface area contributed by atoms with Crippen LogP contribution in [-0.2, 0) is 13.0 Å². The summed E-state index contributed by atoms with van der Waals surface area (Å²) in [6.45, 7) is 4.04. The first-order valence-electron chi connectivity index (χ1n) is 7.44. The van der Waals surface area contributed by atoms with Crippen molar-refractivity contribution in [3.05, 3.63) is 53.1 Å². The highest BCUT2D eigenvalue weighted by molar-refractivity contribution is 5.63. The Kier molecular flexibility index (Phi) is 3.74. The predicted molar refractivity (Wildman–Crippen MR) is 88.0 cm³/mol. The highest BCUT2D eigenvalue weighted by atomic mass is 16.5. The summed E-state index contributed by atoms with van der Waals surface area (Å²) in [5.41, 5.74) is 11.9. The number of nitrogen functional groups attached to an aromatic ring is 1.